The van der Waals surface area contributed by atoms with Gasteiger partial charge in [-0.25, -0.2) is 0 Å². The fraction of sp³-hybridized carbons (Fsp3) is 0.714. The molecule has 1 aromatic rings. The highest BCUT2D eigenvalue weighted by molar-refractivity contribution is 14.1. The average Bonchev–Trinajstić information content (AvgIpc) is 2.36. The van der Waals surface area contributed by atoms with Crippen molar-refractivity contribution in [2.24, 2.45) is 5.92 Å². The van der Waals surface area contributed by atoms with Crippen LogP contribution in [0.4, 0.5) is 0 Å². The topological polar surface area (TPSA) is 48.2 Å². The lowest BCUT2D eigenvalue weighted by molar-refractivity contribution is 0.156. The molecule has 0 aliphatic rings. The highest BCUT2D eigenvalue weighted by Gasteiger charge is 2.08. The first-order valence-corrected chi connectivity index (χ1v) is 4.77. The number of hydrogen-bond donors (Lipinski definition) is 0. The molecule has 0 bridgehead atoms. The molecule has 0 aliphatic heterocycles. The van der Waals surface area contributed by atoms with Crippen LogP contribution < -0.4 is 0 Å². The highest BCUT2D eigenvalue weighted by Crippen LogP contribution is 2.08. The Kier molecular flexibility index (Phi) is 3.93. The monoisotopic (exact) mass is 282 g/mol. The summed E-state index contributed by atoms with van der Waals surface area (Å²) in [6.07, 6.45) is 0.782. The van der Waals surface area contributed by atoms with Crippen LogP contribution >= 0.6 is 22.6 Å². The molecule has 4 nitrogen and oxygen atoms in total. The number of rotatable bonds is 4. The summed E-state index contributed by atoms with van der Waals surface area (Å²) in [6.45, 7) is 2.81. The minimum atomic E-state index is 0.422. The average molecular weight is 282 g/mol. The summed E-state index contributed by atoms with van der Waals surface area (Å²) < 4.78 is 10.8. The van der Waals surface area contributed by atoms with Crippen molar-refractivity contribution in [2.75, 3.05) is 13.7 Å². The molecule has 12 heavy (non-hydrogen) atoms. The third-order valence-corrected chi connectivity index (χ3v) is 1.85. The van der Waals surface area contributed by atoms with Crippen LogP contribution in [0, 0.1) is 9.82 Å². The summed E-state index contributed by atoms with van der Waals surface area (Å²) in [5, 5.41) is 7.62. The number of aromatic nitrogens is 2. The van der Waals surface area contributed by atoms with Crippen LogP contribution in [-0.4, -0.2) is 23.9 Å². The minimum absolute atomic E-state index is 0.422. The molecule has 0 fully saturated rings. The molecule has 5 heteroatoms. The van der Waals surface area contributed by atoms with Crippen molar-refractivity contribution >= 4 is 22.6 Å². The summed E-state index contributed by atoms with van der Waals surface area (Å²) in [5.74, 6) is 1.11. The van der Waals surface area contributed by atoms with E-state index < -0.39 is 0 Å². The smallest absolute Gasteiger partial charge is 0.278 e. The van der Waals surface area contributed by atoms with Crippen molar-refractivity contribution in [2.45, 2.75) is 13.3 Å². The zero-order valence-corrected chi connectivity index (χ0v) is 9.24. The quantitative estimate of drug-likeness (QED) is 0.785. The molecule has 1 unspecified atom stereocenters. The molecular weight excluding hydrogens is 271 g/mol. The van der Waals surface area contributed by atoms with Crippen LogP contribution in [0.15, 0.2) is 4.42 Å². The summed E-state index contributed by atoms with van der Waals surface area (Å²) in [7, 11) is 1.69. The van der Waals surface area contributed by atoms with Crippen LogP contribution in [0.25, 0.3) is 0 Å². The van der Waals surface area contributed by atoms with E-state index in [-0.39, 0.29) is 0 Å². The van der Waals surface area contributed by atoms with Gasteiger partial charge in [0.25, 0.3) is 3.90 Å². The Morgan fingerprint density at radius 1 is 1.58 bits per heavy atom. The van der Waals surface area contributed by atoms with Crippen molar-refractivity contribution in [3.63, 3.8) is 0 Å². The van der Waals surface area contributed by atoms with Crippen molar-refractivity contribution in [3.05, 3.63) is 9.79 Å². The third kappa shape index (κ3) is 3.06. The standard InChI is InChI=1S/C7H11IN2O2/c1-5(4-11-2)3-6-9-10-7(8)12-6/h5H,3-4H2,1-2H3. The predicted octanol–water partition coefficient (Wildman–Crippen LogP) is 1.50. The van der Waals surface area contributed by atoms with E-state index in [2.05, 4.69) is 17.1 Å². The van der Waals surface area contributed by atoms with Gasteiger partial charge in [0, 0.05) is 42.7 Å². The largest absolute Gasteiger partial charge is 0.416 e. The molecule has 1 aromatic heterocycles. The minimum Gasteiger partial charge on any atom is -0.416 e. The summed E-state index contributed by atoms with van der Waals surface area (Å²) in [4.78, 5) is 0. The first-order valence-electron chi connectivity index (χ1n) is 3.69. The second-order valence-electron chi connectivity index (χ2n) is 2.71. The lowest BCUT2D eigenvalue weighted by Gasteiger charge is -2.05. The van der Waals surface area contributed by atoms with Gasteiger partial charge in [0.2, 0.25) is 5.89 Å². The Hall–Kier alpha value is -0.170. The van der Waals surface area contributed by atoms with Crippen molar-refractivity contribution in [1.82, 2.24) is 10.2 Å². The fourth-order valence-electron chi connectivity index (χ4n) is 0.957. The van der Waals surface area contributed by atoms with E-state index in [4.69, 9.17) is 9.15 Å². The summed E-state index contributed by atoms with van der Waals surface area (Å²) in [5.41, 5.74) is 0. The third-order valence-electron chi connectivity index (χ3n) is 1.42. The van der Waals surface area contributed by atoms with E-state index in [0.717, 1.165) is 13.0 Å². The van der Waals surface area contributed by atoms with Crippen LogP contribution in [0.3, 0.4) is 0 Å². The summed E-state index contributed by atoms with van der Waals surface area (Å²) >= 11 is 2.00. The molecule has 0 amide bonds. The Labute approximate surface area is 84.8 Å². The van der Waals surface area contributed by atoms with E-state index in [1.165, 1.54) is 0 Å². The Morgan fingerprint density at radius 3 is 2.83 bits per heavy atom. The molecule has 0 aliphatic carbocycles. The van der Waals surface area contributed by atoms with Crippen LogP contribution in [-0.2, 0) is 11.2 Å². The van der Waals surface area contributed by atoms with Gasteiger partial charge in [0.05, 0.1) is 0 Å². The molecule has 0 saturated heterocycles. The maximum Gasteiger partial charge on any atom is 0.278 e. The van der Waals surface area contributed by atoms with E-state index in [1.807, 2.05) is 22.6 Å². The van der Waals surface area contributed by atoms with E-state index >= 15 is 0 Å². The zero-order chi connectivity index (χ0) is 8.97. The first-order chi connectivity index (χ1) is 5.72. The molecule has 0 spiro atoms. The van der Waals surface area contributed by atoms with Gasteiger partial charge < -0.3 is 9.15 Å². The van der Waals surface area contributed by atoms with Gasteiger partial charge >= 0.3 is 0 Å². The molecule has 0 radical (unpaired) electrons. The molecule has 1 atom stereocenters. The van der Waals surface area contributed by atoms with E-state index in [1.54, 1.807) is 7.11 Å². The van der Waals surface area contributed by atoms with Crippen molar-refractivity contribution in [1.29, 1.82) is 0 Å². The zero-order valence-electron chi connectivity index (χ0n) is 7.08. The second-order valence-corrected chi connectivity index (χ2v) is 3.64. The van der Waals surface area contributed by atoms with E-state index in [0.29, 0.717) is 15.7 Å². The van der Waals surface area contributed by atoms with Gasteiger partial charge in [-0.05, 0) is 5.92 Å². The van der Waals surface area contributed by atoms with E-state index in [9.17, 15) is 0 Å². The number of hydrogen-bond acceptors (Lipinski definition) is 4. The number of methoxy groups -OCH3 is 1. The number of halogens is 1. The maximum atomic E-state index is 5.21. The van der Waals surface area contributed by atoms with Gasteiger partial charge in [-0.3, -0.25) is 0 Å². The SMILES string of the molecule is COCC(C)Cc1nnc(I)o1. The predicted molar refractivity (Wildman–Crippen MR) is 51.8 cm³/mol. The first kappa shape index (κ1) is 9.91. The molecule has 1 heterocycles. The lowest BCUT2D eigenvalue weighted by Crippen LogP contribution is -2.07. The Bertz CT molecular complexity index is 239. The van der Waals surface area contributed by atoms with Crippen LogP contribution in [0.5, 0.6) is 0 Å². The van der Waals surface area contributed by atoms with Gasteiger partial charge in [-0.2, -0.15) is 0 Å². The molecule has 0 N–H and O–H groups in total. The van der Waals surface area contributed by atoms with Gasteiger partial charge in [-0.15, -0.1) is 10.2 Å². The lowest BCUT2D eigenvalue weighted by atomic mass is 10.1. The van der Waals surface area contributed by atoms with Crippen LogP contribution in [0.2, 0.25) is 0 Å². The summed E-state index contributed by atoms with van der Waals surface area (Å²) in [6, 6.07) is 0. The van der Waals surface area contributed by atoms with Gasteiger partial charge in [0.15, 0.2) is 0 Å². The Balaban J connectivity index is 2.41. The van der Waals surface area contributed by atoms with Crippen LogP contribution in [0.1, 0.15) is 12.8 Å². The molecular formula is C7H11IN2O2. The molecule has 0 saturated carbocycles. The van der Waals surface area contributed by atoms with Gasteiger partial charge in [-0.1, -0.05) is 6.92 Å². The molecule has 0 aromatic carbocycles. The fourth-order valence-corrected chi connectivity index (χ4v) is 1.32. The normalized spacial score (nSPS) is 13.2. The van der Waals surface area contributed by atoms with Crippen molar-refractivity contribution < 1.29 is 9.15 Å². The molecule has 68 valence electrons. The second kappa shape index (κ2) is 4.76. The number of nitrogens with zero attached hydrogens (tertiary/aromatic N) is 2. The van der Waals surface area contributed by atoms with Crippen molar-refractivity contribution in [3.8, 4) is 0 Å². The van der Waals surface area contributed by atoms with Gasteiger partial charge in [0.1, 0.15) is 0 Å². The maximum absolute atomic E-state index is 5.21. The molecule has 1 rings (SSSR count). The number of ether oxygens (including phenoxy) is 1. The Morgan fingerprint density at radius 2 is 2.33 bits per heavy atom. The highest BCUT2D eigenvalue weighted by atomic mass is 127.